The second kappa shape index (κ2) is 11.7. The van der Waals surface area contributed by atoms with Gasteiger partial charge in [-0.3, -0.25) is 4.79 Å². The van der Waals surface area contributed by atoms with Gasteiger partial charge in [0.15, 0.2) is 0 Å². The molecule has 41 heavy (non-hydrogen) atoms. The van der Waals surface area contributed by atoms with E-state index in [2.05, 4.69) is 16.7 Å². The van der Waals surface area contributed by atoms with Crippen LogP contribution in [0.4, 0.5) is 23.7 Å². The molecule has 2 aromatic carbocycles. The molecule has 4 N–H and O–H groups in total. The number of halogens is 3. The molecule has 11 heteroatoms. The van der Waals surface area contributed by atoms with Gasteiger partial charge in [0.25, 0.3) is 5.91 Å². The average Bonchev–Trinajstić information content (AvgIpc) is 3.17. The van der Waals surface area contributed by atoms with Gasteiger partial charge in [0.2, 0.25) is 0 Å². The number of alkyl halides is 3. The van der Waals surface area contributed by atoms with Crippen molar-refractivity contribution < 1.29 is 27.5 Å². The molecule has 0 bridgehead atoms. The number of aryl methyl sites for hydroxylation is 2. The van der Waals surface area contributed by atoms with Crippen molar-refractivity contribution in [1.29, 1.82) is 5.26 Å². The van der Waals surface area contributed by atoms with Gasteiger partial charge in [-0.2, -0.15) is 18.4 Å². The molecule has 0 unspecified atom stereocenters. The van der Waals surface area contributed by atoms with Crippen molar-refractivity contribution in [2.75, 3.05) is 5.73 Å². The topological polar surface area (TPSA) is 122 Å². The summed E-state index contributed by atoms with van der Waals surface area (Å²) in [6, 6.07) is 11.8. The largest absolute Gasteiger partial charge is 0.444 e. The summed E-state index contributed by atoms with van der Waals surface area (Å²) in [4.78, 5) is 25.7. The number of rotatable bonds is 6. The number of nitrogens with one attached hydrogen (secondary N) is 2. The first kappa shape index (κ1) is 29.8. The normalized spacial score (nSPS) is 17.6. The van der Waals surface area contributed by atoms with Crippen LogP contribution in [0.5, 0.6) is 0 Å². The monoisotopic (exact) mass is 569 g/mol. The standard InChI is InChI=1S/C30H34F3N5O3/c1-29(2,3)41-28(40)37-22-11-9-21(10-12-22)36-27(39)26-25(35)23-13-6-19(17-34)16-24(23)38(26)15-14-18-4-7-20(8-5-18)30(31,32)33/h4-8,13,16,21-22H,9-12,14-15,35H2,1-3H3,(H,36,39)(H,37,40)/t21-,22-. The predicted octanol–water partition coefficient (Wildman–Crippen LogP) is 5.92. The number of alkyl carbamates (subject to hydrolysis) is 1. The van der Waals surface area contributed by atoms with Crippen molar-refractivity contribution in [1.82, 2.24) is 15.2 Å². The summed E-state index contributed by atoms with van der Waals surface area (Å²) in [5.74, 6) is -0.367. The van der Waals surface area contributed by atoms with Crippen LogP contribution in [-0.4, -0.2) is 34.3 Å². The number of nitrogens with zero attached hydrogens (tertiary/aromatic N) is 2. The highest BCUT2D eigenvalue weighted by Gasteiger charge is 2.30. The highest BCUT2D eigenvalue weighted by atomic mass is 19.4. The smallest absolute Gasteiger partial charge is 0.416 e. The van der Waals surface area contributed by atoms with E-state index in [-0.39, 0.29) is 35.9 Å². The van der Waals surface area contributed by atoms with Crippen molar-refractivity contribution in [2.45, 2.75) is 83.3 Å². The Morgan fingerprint density at radius 1 is 1.02 bits per heavy atom. The van der Waals surface area contributed by atoms with E-state index in [1.54, 1.807) is 43.5 Å². The second-order valence-corrected chi connectivity index (χ2v) is 11.4. The highest BCUT2D eigenvalue weighted by Crippen LogP contribution is 2.32. The third kappa shape index (κ3) is 7.31. The predicted molar refractivity (Wildman–Crippen MR) is 149 cm³/mol. The third-order valence-corrected chi connectivity index (χ3v) is 7.14. The van der Waals surface area contributed by atoms with E-state index in [1.807, 2.05) is 0 Å². The lowest BCUT2D eigenvalue weighted by Crippen LogP contribution is -2.45. The van der Waals surface area contributed by atoms with Crippen LogP contribution >= 0.6 is 0 Å². The number of ether oxygens (including phenoxy) is 1. The van der Waals surface area contributed by atoms with Crippen LogP contribution in [0.1, 0.15) is 73.6 Å². The Morgan fingerprint density at radius 3 is 2.20 bits per heavy atom. The zero-order valence-corrected chi connectivity index (χ0v) is 23.3. The molecule has 8 nitrogen and oxygen atoms in total. The molecule has 0 atom stereocenters. The summed E-state index contributed by atoms with van der Waals surface area (Å²) < 4.78 is 46.0. The van der Waals surface area contributed by atoms with Crippen LogP contribution in [0.25, 0.3) is 10.9 Å². The fourth-order valence-corrected chi connectivity index (χ4v) is 5.13. The highest BCUT2D eigenvalue weighted by molar-refractivity contribution is 6.08. The number of nitrogen functional groups attached to an aromatic ring is 1. The van der Waals surface area contributed by atoms with Crippen molar-refractivity contribution in [3.05, 3.63) is 64.8 Å². The number of anilines is 1. The van der Waals surface area contributed by atoms with E-state index in [1.165, 1.54) is 12.1 Å². The van der Waals surface area contributed by atoms with Gasteiger partial charge in [0.1, 0.15) is 11.3 Å². The number of hydrogen-bond donors (Lipinski definition) is 3. The molecule has 1 fully saturated rings. The Morgan fingerprint density at radius 2 is 1.63 bits per heavy atom. The Hall–Kier alpha value is -4.20. The number of benzene rings is 2. The van der Waals surface area contributed by atoms with Gasteiger partial charge >= 0.3 is 12.3 Å². The average molecular weight is 570 g/mol. The minimum Gasteiger partial charge on any atom is -0.444 e. The molecule has 218 valence electrons. The summed E-state index contributed by atoms with van der Waals surface area (Å²) in [5, 5.41) is 16.0. The van der Waals surface area contributed by atoms with E-state index in [9.17, 15) is 28.0 Å². The minimum absolute atomic E-state index is 0.0531. The van der Waals surface area contributed by atoms with E-state index < -0.39 is 23.4 Å². The minimum atomic E-state index is -4.42. The molecule has 1 saturated carbocycles. The molecule has 2 amide bonds. The van der Waals surface area contributed by atoms with E-state index in [0.29, 0.717) is 54.1 Å². The van der Waals surface area contributed by atoms with Gasteiger partial charge in [-0.25, -0.2) is 4.79 Å². The Kier molecular flexibility index (Phi) is 8.52. The van der Waals surface area contributed by atoms with Gasteiger partial charge < -0.3 is 25.7 Å². The first-order valence-electron chi connectivity index (χ1n) is 13.5. The van der Waals surface area contributed by atoms with Crippen LogP contribution in [0.15, 0.2) is 42.5 Å². The van der Waals surface area contributed by atoms with E-state index >= 15 is 0 Å². The summed E-state index contributed by atoms with van der Waals surface area (Å²) in [7, 11) is 0. The zero-order chi connectivity index (χ0) is 29.9. The van der Waals surface area contributed by atoms with Crippen molar-refractivity contribution >= 4 is 28.6 Å². The Balaban J connectivity index is 1.50. The molecule has 0 radical (unpaired) electrons. The van der Waals surface area contributed by atoms with Gasteiger partial charge in [-0.1, -0.05) is 12.1 Å². The number of nitriles is 1. The van der Waals surface area contributed by atoms with Crippen molar-refractivity contribution in [2.24, 2.45) is 0 Å². The molecular formula is C30H34F3N5O3. The van der Waals surface area contributed by atoms with Gasteiger partial charge in [0, 0.05) is 24.0 Å². The number of nitrogens with two attached hydrogens (primary N) is 1. The van der Waals surface area contributed by atoms with Crippen LogP contribution in [0.2, 0.25) is 0 Å². The molecule has 4 rings (SSSR count). The zero-order valence-electron chi connectivity index (χ0n) is 23.3. The molecule has 0 aliphatic heterocycles. The fourth-order valence-electron chi connectivity index (χ4n) is 5.13. The summed E-state index contributed by atoms with van der Waals surface area (Å²) in [5.41, 5.74) is 7.31. The number of carbonyl (C=O) groups is 2. The molecule has 1 aromatic heterocycles. The van der Waals surface area contributed by atoms with Crippen LogP contribution < -0.4 is 16.4 Å². The van der Waals surface area contributed by atoms with Crippen LogP contribution in [0.3, 0.4) is 0 Å². The third-order valence-electron chi connectivity index (χ3n) is 7.14. The first-order valence-corrected chi connectivity index (χ1v) is 13.5. The van der Waals surface area contributed by atoms with Crippen molar-refractivity contribution in [3.63, 3.8) is 0 Å². The molecule has 0 spiro atoms. The molecular weight excluding hydrogens is 535 g/mol. The maximum Gasteiger partial charge on any atom is 0.416 e. The van der Waals surface area contributed by atoms with Crippen LogP contribution in [-0.2, 0) is 23.9 Å². The maximum absolute atomic E-state index is 13.6. The van der Waals surface area contributed by atoms with Gasteiger partial charge in [0.05, 0.1) is 28.4 Å². The number of amides is 2. The molecule has 0 saturated heterocycles. The summed E-state index contributed by atoms with van der Waals surface area (Å²) >= 11 is 0. The maximum atomic E-state index is 13.6. The lowest BCUT2D eigenvalue weighted by molar-refractivity contribution is -0.137. The molecule has 1 aliphatic carbocycles. The Labute approximate surface area is 236 Å². The van der Waals surface area contributed by atoms with Gasteiger partial charge in [-0.15, -0.1) is 0 Å². The summed E-state index contributed by atoms with van der Waals surface area (Å²) in [6.45, 7) is 5.67. The lowest BCUT2D eigenvalue weighted by atomic mass is 9.91. The van der Waals surface area contributed by atoms with E-state index in [4.69, 9.17) is 10.5 Å². The molecule has 1 aliphatic rings. The number of carbonyl (C=O) groups excluding carboxylic acids is 2. The Bertz CT molecular complexity index is 1460. The fraction of sp³-hybridized carbons (Fsp3) is 0.433. The molecule has 1 heterocycles. The first-order chi connectivity index (χ1) is 19.2. The quantitative estimate of drug-likeness (QED) is 0.340. The SMILES string of the molecule is CC(C)(C)OC(=O)N[C@H]1CC[C@H](NC(=O)c2c(N)c3ccc(C#N)cc3n2CCc2ccc(C(F)(F)F)cc2)CC1. The van der Waals surface area contributed by atoms with Crippen molar-refractivity contribution in [3.8, 4) is 6.07 Å². The number of fused-ring (bicyclic) bond motifs is 1. The second-order valence-electron chi connectivity index (χ2n) is 11.4. The van der Waals surface area contributed by atoms with E-state index in [0.717, 1.165) is 12.1 Å². The van der Waals surface area contributed by atoms with Crippen LogP contribution in [0, 0.1) is 11.3 Å². The summed E-state index contributed by atoms with van der Waals surface area (Å²) in [6.07, 6.45) is -1.91. The van der Waals surface area contributed by atoms with Gasteiger partial charge in [-0.05, 0) is 88.8 Å². The number of hydrogen-bond acceptors (Lipinski definition) is 5. The number of aromatic nitrogens is 1. The molecule has 3 aromatic rings. The lowest BCUT2D eigenvalue weighted by Gasteiger charge is -2.30.